The summed E-state index contributed by atoms with van der Waals surface area (Å²) in [5.74, 6) is 0.298. The molecule has 0 atom stereocenters. The van der Waals surface area contributed by atoms with E-state index in [2.05, 4.69) is 17.6 Å². The molecule has 9 nitrogen and oxygen atoms in total. The lowest BCUT2D eigenvalue weighted by Gasteiger charge is -2.29. The Morgan fingerprint density at radius 1 is 1.03 bits per heavy atom. The number of methoxy groups -OCH3 is 1. The van der Waals surface area contributed by atoms with Crippen molar-refractivity contribution >= 4 is 27.5 Å². The molecule has 10 heteroatoms. The fraction of sp³-hybridized carbons (Fsp3) is 0.308. The Labute approximate surface area is 210 Å². The number of sulfonamides is 1. The van der Waals surface area contributed by atoms with E-state index in [4.69, 9.17) is 9.15 Å². The summed E-state index contributed by atoms with van der Waals surface area (Å²) in [6, 6.07) is 14.3. The van der Waals surface area contributed by atoms with Crippen molar-refractivity contribution in [2.45, 2.75) is 31.2 Å². The van der Waals surface area contributed by atoms with Crippen molar-refractivity contribution in [1.82, 2.24) is 9.62 Å². The van der Waals surface area contributed by atoms with Crippen molar-refractivity contribution in [2.75, 3.05) is 25.5 Å². The summed E-state index contributed by atoms with van der Waals surface area (Å²) < 4.78 is 38.5. The van der Waals surface area contributed by atoms with E-state index < -0.39 is 21.8 Å². The lowest BCUT2D eigenvalue weighted by atomic mass is 10.0. The summed E-state index contributed by atoms with van der Waals surface area (Å²) in [4.78, 5) is 26.1. The number of hydrogen-bond donors (Lipinski definition) is 2. The summed E-state index contributed by atoms with van der Waals surface area (Å²) in [6.45, 7) is 3.18. The van der Waals surface area contributed by atoms with E-state index >= 15 is 0 Å². The molecule has 1 aliphatic rings. The Bertz CT molecular complexity index is 1330. The van der Waals surface area contributed by atoms with E-state index in [1.165, 1.54) is 35.9 Å². The Balaban J connectivity index is 1.56. The zero-order valence-corrected chi connectivity index (χ0v) is 21.0. The minimum absolute atomic E-state index is 0.0208. The van der Waals surface area contributed by atoms with Gasteiger partial charge < -0.3 is 19.8 Å². The smallest absolute Gasteiger partial charge is 0.259 e. The molecule has 2 aromatic carbocycles. The first-order valence-electron chi connectivity index (χ1n) is 11.7. The van der Waals surface area contributed by atoms with Crippen LogP contribution in [-0.2, 0) is 16.6 Å². The van der Waals surface area contributed by atoms with Gasteiger partial charge in [-0.25, -0.2) is 8.42 Å². The Kier molecular flexibility index (Phi) is 7.76. The van der Waals surface area contributed by atoms with Crippen LogP contribution in [0.5, 0.6) is 5.75 Å². The van der Waals surface area contributed by atoms with Crippen LogP contribution in [0.15, 0.2) is 70.2 Å². The van der Waals surface area contributed by atoms with Crippen molar-refractivity contribution in [3.63, 3.8) is 0 Å². The van der Waals surface area contributed by atoms with Crippen LogP contribution in [0, 0.1) is 5.92 Å². The molecule has 0 bridgehead atoms. The summed E-state index contributed by atoms with van der Waals surface area (Å²) in [5.41, 5.74) is 0.581. The number of furan rings is 1. The van der Waals surface area contributed by atoms with E-state index in [0.29, 0.717) is 24.8 Å². The highest BCUT2D eigenvalue weighted by molar-refractivity contribution is 7.89. The third-order valence-corrected chi connectivity index (χ3v) is 8.11. The van der Waals surface area contributed by atoms with Gasteiger partial charge in [0, 0.05) is 13.1 Å². The van der Waals surface area contributed by atoms with Crippen molar-refractivity contribution in [1.29, 1.82) is 0 Å². The summed E-state index contributed by atoms with van der Waals surface area (Å²) in [5, 5.41) is 5.48. The van der Waals surface area contributed by atoms with Crippen LogP contribution in [0.25, 0.3) is 0 Å². The molecule has 2 N–H and O–H groups in total. The number of para-hydroxylation sites is 1. The highest BCUT2D eigenvalue weighted by Gasteiger charge is 2.29. The van der Waals surface area contributed by atoms with Gasteiger partial charge in [-0.15, -0.1) is 0 Å². The number of ether oxygens (including phenoxy) is 1. The molecule has 3 aromatic rings. The maximum atomic E-state index is 13.3. The molecule has 1 saturated heterocycles. The molecule has 1 aromatic heterocycles. The number of benzene rings is 2. The van der Waals surface area contributed by atoms with Crippen LogP contribution in [0.3, 0.4) is 0 Å². The standard InChI is InChI=1S/C26H29N3O6S/c1-18-11-13-29(14-12-18)36(32,33)20-9-10-24(34-2)22(16-20)26(31)28-23-8-4-3-7-21(23)25(30)27-17-19-6-5-15-35-19/h3-10,15-16,18H,11-14,17H2,1-2H3,(H,27,30)(H,28,31). The molecule has 0 radical (unpaired) electrons. The lowest BCUT2D eigenvalue weighted by molar-refractivity contribution is 0.0949. The van der Waals surface area contributed by atoms with Crippen LogP contribution in [-0.4, -0.2) is 44.7 Å². The summed E-state index contributed by atoms with van der Waals surface area (Å²) in [7, 11) is -2.36. The highest BCUT2D eigenvalue weighted by atomic mass is 32.2. The topological polar surface area (TPSA) is 118 Å². The first-order chi connectivity index (χ1) is 17.3. The molecule has 190 valence electrons. The molecule has 0 aliphatic carbocycles. The van der Waals surface area contributed by atoms with Crippen molar-refractivity contribution in [2.24, 2.45) is 5.92 Å². The normalized spacial score (nSPS) is 14.8. The quantitative estimate of drug-likeness (QED) is 0.474. The monoisotopic (exact) mass is 511 g/mol. The van der Waals surface area contributed by atoms with Gasteiger partial charge >= 0.3 is 0 Å². The second kappa shape index (κ2) is 11.0. The number of amides is 2. The third kappa shape index (κ3) is 5.60. The van der Waals surface area contributed by atoms with E-state index in [9.17, 15) is 18.0 Å². The number of anilines is 1. The maximum absolute atomic E-state index is 13.3. The van der Waals surface area contributed by atoms with Crippen LogP contribution in [0.4, 0.5) is 5.69 Å². The SMILES string of the molecule is COc1ccc(S(=O)(=O)N2CCC(C)CC2)cc1C(=O)Nc1ccccc1C(=O)NCc1ccco1. The number of carbonyl (C=O) groups excluding carboxylic acids is 2. The summed E-state index contributed by atoms with van der Waals surface area (Å²) in [6.07, 6.45) is 3.10. The molecule has 2 amide bonds. The van der Waals surface area contributed by atoms with Crippen molar-refractivity contribution < 1.29 is 27.2 Å². The molecule has 1 fully saturated rings. The highest BCUT2D eigenvalue weighted by Crippen LogP contribution is 2.28. The molecule has 0 saturated carbocycles. The van der Waals surface area contributed by atoms with E-state index in [0.717, 1.165) is 12.8 Å². The van der Waals surface area contributed by atoms with Gasteiger partial charge in [0.25, 0.3) is 11.8 Å². The average Bonchev–Trinajstić information content (AvgIpc) is 3.41. The van der Waals surface area contributed by atoms with Gasteiger partial charge in [-0.3, -0.25) is 9.59 Å². The Hall–Kier alpha value is -3.63. The number of hydrogen-bond acceptors (Lipinski definition) is 6. The second-order valence-corrected chi connectivity index (χ2v) is 10.6. The zero-order chi connectivity index (χ0) is 25.7. The summed E-state index contributed by atoms with van der Waals surface area (Å²) >= 11 is 0. The van der Waals surface area contributed by atoms with Gasteiger partial charge in [0.1, 0.15) is 11.5 Å². The van der Waals surface area contributed by atoms with Crippen LogP contribution >= 0.6 is 0 Å². The largest absolute Gasteiger partial charge is 0.496 e. The van der Waals surface area contributed by atoms with Crippen LogP contribution in [0.2, 0.25) is 0 Å². The fourth-order valence-electron chi connectivity index (χ4n) is 4.05. The molecule has 0 spiro atoms. The predicted octanol–water partition coefficient (Wildman–Crippen LogP) is 3.89. The number of carbonyl (C=O) groups is 2. The minimum atomic E-state index is -3.77. The van der Waals surface area contributed by atoms with Gasteiger partial charge in [0.05, 0.1) is 41.6 Å². The molecule has 2 heterocycles. The van der Waals surface area contributed by atoms with Crippen LogP contribution in [0.1, 0.15) is 46.2 Å². The van der Waals surface area contributed by atoms with E-state index in [1.54, 1.807) is 36.4 Å². The van der Waals surface area contributed by atoms with Gasteiger partial charge in [-0.05, 0) is 61.2 Å². The molecule has 4 rings (SSSR count). The van der Waals surface area contributed by atoms with E-state index in [1.807, 2.05) is 0 Å². The van der Waals surface area contributed by atoms with Gasteiger partial charge in [0.15, 0.2) is 0 Å². The molecule has 36 heavy (non-hydrogen) atoms. The first-order valence-corrected chi connectivity index (χ1v) is 13.1. The third-order valence-electron chi connectivity index (χ3n) is 6.22. The van der Waals surface area contributed by atoms with Gasteiger partial charge in [-0.2, -0.15) is 4.31 Å². The molecule has 1 aliphatic heterocycles. The lowest BCUT2D eigenvalue weighted by Crippen LogP contribution is -2.38. The van der Waals surface area contributed by atoms with E-state index in [-0.39, 0.29) is 34.0 Å². The number of nitrogens with zero attached hydrogens (tertiary/aromatic N) is 1. The molecular formula is C26H29N3O6S. The molecular weight excluding hydrogens is 482 g/mol. The average molecular weight is 512 g/mol. The van der Waals surface area contributed by atoms with Gasteiger partial charge in [0.2, 0.25) is 10.0 Å². The van der Waals surface area contributed by atoms with Crippen molar-refractivity contribution in [3.05, 3.63) is 77.7 Å². The Morgan fingerprint density at radius 2 is 1.78 bits per heavy atom. The van der Waals surface area contributed by atoms with Crippen LogP contribution < -0.4 is 15.4 Å². The minimum Gasteiger partial charge on any atom is -0.496 e. The fourth-order valence-corrected chi connectivity index (χ4v) is 5.55. The maximum Gasteiger partial charge on any atom is 0.259 e. The number of piperidine rings is 1. The second-order valence-electron chi connectivity index (χ2n) is 8.71. The van der Waals surface area contributed by atoms with Crippen molar-refractivity contribution in [3.8, 4) is 5.75 Å². The van der Waals surface area contributed by atoms with Gasteiger partial charge in [-0.1, -0.05) is 19.1 Å². The number of nitrogens with one attached hydrogen (secondary N) is 2. The molecule has 0 unspecified atom stereocenters. The number of rotatable bonds is 8. The predicted molar refractivity (Wildman–Crippen MR) is 134 cm³/mol. The Morgan fingerprint density at radius 3 is 2.47 bits per heavy atom. The first kappa shape index (κ1) is 25.5. The zero-order valence-electron chi connectivity index (χ0n) is 20.2.